The molecule has 5 nitrogen and oxygen atoms in total. The van der Waals surface area contributed by atoms with Crippen LogP contribution < -0.4 is 0 Å². The van der Waals surface area contributed by atoms with Gasteiger partial charge < -0.3 is 4.90 Å². The summed E-state index contributed by atoms with van der Waals surface area (Å²) in [4.78, 5) is 20.5. The fraction of sp³-hybridized carbons (Fsp3) is 0.500. The Morgan fingerprint density at radius 3 is 2.68 bits per heavy atom. The van der Waals surface area contributed by atoms with Crippen molar-refractivity contribution < 1.29 is 4.79 Å². The van der Waals surface area contributed by atoms with E-state index in [9.17, 15) is 4.79 Å². The summed E-state index contributed by atoms with van der Waals surface area (Å²) in [7, 11) is 2.07. The van der Waals surface area contributed by atoms with Gasteiger partial charge in [0.15, 0.2) is 0 Å². The maximum Gasteiger partial charge on any atom is 0.272 e. The molecule has 1 aromatic heterocycles. The molecule has 2 heterocycles. The van der Waals surface area contributed by atoms with Gasteiger partial charge >= 0.3 is 0 Å². The van der Waals surface area contributed by atoms with Gasteiger partial charge in [0, 0.05) is 31.4 Å². The molecule has 5 heteroatoms. The van der Waals surface area contributed by atoms with Crippen LogP contribution >= 0.6 is 0 Å². The Hall–Kier alpha value is -1.93. The quantitative estimate of drug-likeness (QED) is 0.757. The number of rotatable bonds is 1. The van der Waals surface area contributed by atoms with E-state index in [1.165, 1.54) is 6.20 Å². The molecule has 0 spiro atoms. The number of pyridine rings is 1. The fourth-order valence-electron chi connectivity index (χ4n) is 2.16. The first kappa shape index (κ1) is 13.5. The predicted octanol–water partition coefficient (Wildman–Crippen LogP) is 1.12. The summed E-state index contributed by atoms with van der Waals surface area (Å²) in [5, 5.41) is 8.72. The van der Waals surface area contributed by atoms with Gasteiger partial charge in [0.1, 0.15) is 11.8 Å². The zero-order chi connectivity index (χ0) is 14.0. The van der Waals surface area contributed by atoms with E-state index in [1.807, 2.05) is 11.0 Å². The van der Waals surface area contributed by atoms with Gasteiger partial charge in [-0.3, -0.25) is 9.69 Å². The van der Waals surface area contributed by atoms with Gasteiger partial charge in [-0.2, -0.15) is 5.26 Å². The Balaban J connectivity index is 2.14. The standard InChI is InChI=1S/C14H18N4O/c1-14(2)10-18(7-6-17(14)3)13(19)12-5-4-11(8-15)9-16-12/h4-5,9H,6-7,10H2,1-3H3. The Bertz CT molecular complexity index is 515. The third kappa shape index (κ3) is 2.74. The van der Waals surface area contributed by atoms with Crippen molar-refractivity contribution in [2.45, 2.75) is 19.4 Å². The lowest BCUT2D eigenvalue weighted by Crippen LogP contribution is -2.58. The van der Waals surface area contributed by atoms with Gasteiger partial charge in [-0.25, -0.2) is 4.98 Å². The lowest BCUT2D eigenvalue weighted by atomic mass is 9.99. The third-order valence-corrected chi connectivity index (χ3v) is 3.72. The number of aromatic nitrogens is 1. The molecule has 100 valence electrons. The number of carbonyl (C=O) groups excluding carboxylic acids is 1. The number of piperazine rings is 1. The summed E-state index contributed by atoms with van der Waals surface area (Å²) in [5.74, 6) is -0.0642. The van der Waals surface area contributed by atoms with Crippen LogP contribution in [0.2, 0.25) is 0 Å². The van der Waals surface area contributed by atoms with E-state index in [2.05, 4.69) is 30.8 Å². The smallest absolute Gasteiger partial charge is 0.272 e. The first-order valence-electron chi connectivity index (χ1n) is 6.31. The molecule has 1 aliphatic heterocycles. The second-order valence-corrected chi connectivity index (χ2v) is 5.50. The molecule has 0 aliphatic carbocycles. The Kier molecular flexibility index (Phi) is 3.54. The minimum Gasteiger partial charge on any atom is -0.334 e. The van der Waals surface area contributed by atoms with Gasteiger partial charge in [-0.1, -0.05) is 0 Å². The first-order chi connectivity index (χ1) is 8.94. The van der Waals surface area contributed by atoms with Crippen molar-refractivity contribution in [3.63, 3.8) is 0 Å². The van der Waals surface area contributed by atoms with Crippen LogP contribution in [-0.2, 0) is 0 Å². The van der Waals surface area contributed by atoms with Crippen molar-refractivity contribution >= 4 is 5.91 Å². The van der Waals surface area contributed by atoms with E-state index in [0.29, 0.717) is 24.3 Å². The Morgan fingerprint density at radius 1 is 1.42 bits per heavy atom. The maximum absolute atomic E-state index is 12.4. The van der Waals surface area contributed by atoms with Crippen LogP contribution in [0.4, 0.5) is 0 Å². The lowest BCUT2D eigenvalue weighted by Gasteiger charge is -2.45. The highest BCUT2D eigenvalue weighted by molar-refractivity contribution is 5.92. The molecule has 0 atom stereocenters. The van der Waals surface area contributed by atoms with E-state index < -0.39 is 0 Å². The molecule has 1 aromatic rings. The molecule has 1 saturated heterocycles. The summed E-state index contributed by atoms with van der Waals surface area (Å²) in [6, 6.07) is 5.24. The molecule has 19 heavy (non-hydrogen) atoms. The number of amides is 1. The molecule has 1 amide bonds. The zero-order valence-electron chi connectivity index (χ0n) is 11.6. The Morgan fingerprint density at radius 2 is 2.16 bits per heavy atom. The molecular weight excluding hydrogens is 240 g/mol. The van der Waals surface area contributed by atoms with Crippen molar-refractivity contribution in [2.24, 2.45) is 0 Å². The number of likely N-dealkylation sites (N-methyl/N-ethyl adjacent to an activating group) is 1. The first-order valence-corrected chi connectivity index (χ1v) is 6.31. The van der Waals surface area contributed by atoms with Crippen LogP contribution in [0.25, 0.3) is 0 Å². The van der Waals surface area contributed by atoms with Crippen molar-refractivity contribution in [2.75, 3.05) is 26.7 Å². The zero-order valence-corrected chi connectivity index (χ0v) is 11.6. The van der Waals surface area contributed by atoms with E-state index >= 15 is 0 Å². The van der Waals surface area contributed by atoms with Crippen molar-refractivity contribution in [3.05, 3.63) is 29.6 Å². The van der Waals surface area contributed by atoms with Gasteiger partial charge in [0.2, 0.25) is 0 Å². The number of nitriles is 1. The maximum atomic E-state index is 12.4. The molecular formula is C14H18N4O. The molecule has 0 bridgehead atoms. The lowest BCUT2D eigenvalue weighted by molar-refractivity contribution is 0.0307. The fourth-order valence-corrected chi connectivity index (χ4v) is 2.16. The van der Waals surface area contributed by atoms with Crippen LogP contribution in [0.5, 0.6) is 0 Å². The predicted molar refractivity (Wildman–Crippen MR) is 71.6 cm³/mol. The summed E-state index contributed by atoms with van der Waals surface area (Å²) < 4.78 is 0. The van der Waals surface area contributed by atoms with Crippen LogP contribution in [0.3, 0.4) is 0 Å². The van der Waals surface area contributed by atoms with E-state index in [0.717, 1.165) is 6.54 Å². The molecule has 0 unspecified atom stereocenters. The molecule has 1 aliphatic rings. The van der Waals surface area contributed by atoms with Crippen molar-refractivity contribution in [1.29, 1.82) is 5.26 Å². The average molecular weight is 258 g/mol. The molecule has 1 fully saturated rings. The highest BCUT2D eigenvalue weighted by Crippen LogP contribution is 2.20. The van der Waals surface area contributed by atoms with Gasteiger partial charge in [-0.05, 0) is 33.0 Å². The highest BCUT2D eigenvalue weighted by atomic mass is 16.2. The van der Waals surface area contributed by atoms with Crippen molar-refractivity contribution in [3.8, 4) is 6.07 Å². The summed E-state index contributed by atoms with van der Waals surface area (Å²) in [5.41, 5.74) is 0.843. The molecule has 0 radical (unpaired) electrons. The molecule has 0 aromatic carbocycles. The minimum atomic E-state index is -0.0642. The molecule has 0 N–H and O–H groups in total. The van der Waals surface area contributed by atoms with Crippen LogP contribution in [-0.4, -0.2) is 52.9 Å². The minimum absolute atomic E-state index is 0.0273. The number of nitrogens with zero attached hydrogens (tertiary/aromatic N) is 4. The normalized spacial score (nSPS) is 18.9. The summed E-state index contributed by atoms with van der Waals surface area (Å²) in [6.07, 6.45) is 1.44. The topological polar surface area (TPSA) is 60.2 Å². The SMILES string of the molecule is CN1CCN(C(=O)c2ccc(C#N)cn2)CC1(C)C. The second kappa shape index (κ2) is 4.98. The van der Waals surface area contributed by atoms with E-state index in [-0.39, 0.29) is 11.4 Å². The number of hydrogen-bond acceptors (Lipinski definition) is 4. The number of carbonyl (C=O) groups is 1. The monoisotopic (exact) mass is 258 g/mol. The van der Waals surface area contributed by atoms with E-state index in [4.69, 9.17) is 5.26 Å². The molecule has 0 saturated carbocycles. The van der Waals surface area contributed by atoms with Gasteiger partial charge in [-0.15, -0.1) is 0 Å². The second-order valence-electron chi connectivity index (χ2n) is 5.50. The highest BCUT2D eigenvalue weighted by Gasteiger charge is 2.33. The van der Waals surface area contributed by atoms with Crippen LogP contribution in [0.15, 0.2) is 18.3 Å². The average Bonchev–Trinajstić information content (AvgIpc) is 2.41. The third-order valence-electron chi connectivity index (χ3n) is 3.72. The van der Waals surface area contributed by atoms with Gasteiger partial charge in [0.05, 0.1) is 5.56 Å². The van der Waals surface area contributed by atoms with E-state index in [1.54, 1.807) is 12.1 Å². The number of hydrogen-bond donors (Lipinski definition) is 0. The summed E-state index contributed by atoms with van der Waals surface area (Å²) >= 11 is 0. The molecule has 2 rings (SSSR count). The van der Waals surface area contributed by atoms with Crippen LogP contribution in [0.1, 0.15) is 29.9 Å². The largest absolute Gasteiger partial charge is 0.334 e. The van der Waals surface area contributed by atoms with Crippen LogP contribution in [0, 0.1) is 11.3 Å². The van der Waals surface area contributed by atoms with Gasteiger partial charge in [0.25, 0.3) is 5.91 Å². The van der Waals surface area contributed by atoms with Crippen molar-refractivity contribution in [1.82, 2.24) is 14.8 Å². The summed E-state index contributed by atoms with van der Waals surface area (Å²) in [6.45, 7) is 6.50. The Labute approximate surface area is 113 Å².